The van der Waals surface area contributed by atoms with Crippen LogP contribution in [0, 0.1) is 0 Å². The van der Waals surface area contributed by atoms with Crippen LogP contribution in [0.4, 0.5) is 0 Å². The van der Waals surface area contributed by atoms with E-state index in [1.165, 1.54) is 7.11 Å². The van der Waals surface area contributed by atoms with Gasteiger partial charge in [0.05, 0.1) is 19.3 Å². The van der Waals surface area contributed by atoms with Crippen molar-refractivity contribution in [1.82, 2.24) is 4.90 Å². The lowest BCUT2D eigenvalue weighted by Gasteiger charge is -2.19. The molecule has 0 spiro atoms. The zero-order chi connectivity index (χ0) is 13.3. The predicted molar refractivity (Wildman–Crippen MR) is 67.7 cm³/mol. The van der Waals surface area contributed by atoms with E-state index < -0.39 is 9.84 Å². The molecule has 102 valence electrons. The van der Waals surface area contributed by atoms with Gasteiger partial charge in [-0.1, -0.05) is 13.8 Å². The fourth-order valence-corrected chi connectivity index (χ4v) is 2.29. The number of esters is 1. The van der Waals surface area contributed by atoms with Gasteiger partial charge in [0.25, 0.3) is 0 Å². The van der Waals surface area contributed by atoms with Crippen LogP contribution in [0.2, 0.25) is 0 Å². The summed E-state index contributed by atoms with van der Waals surface area (Å²) in [7, 11) is -1.51. The van der Waals surface area contributed by atoms with Crippen LogP contribution in [0.15, 0.2) is 0 Å². The van der Waals surface area contributed by atoms with Gasteiger partial charge in [0, 0.05) is 12.3 Å². The van der Waals surface area contributed by atoms with Crippen molar-refractivity contribution in [2.75, 3.05) is 38.2 Å². The number of rotatable bonds is 9. The first kappa shape index (κ1) is 16.4. The maximum atomic E-state index is 11.3. The van der Waals surface area contributed by atoms with Gasteiger partial charge in [-0.2, -0.15) is 0 Å². The summed E-state index contributed by atoms with van der Waals surface area (Å²) in [5, 5.41) is 0. The summed E-state index contributed by atoms with van der Waals surface area (Å²) >= 11 is 0. The Bertz CT molecular complexity index is 313. The summed E-state index contributed by atoms with van der Waals surface area (Å²) in [5.74, 6) is 0.184. The Morgan fingerprint density at radius 3 is 2.35 bits per heavy atom. The molecule has 0 aliphatic rings. The van der Waals surface area contributed by atoms with E-state index in [0.717, 1.165) is 6.54 Å². The molecule has 0 heterocycles. The van der Waals surface area contributed by atoms with E-state index in [2.05, 4.69) is 9.64 Å². The standard InChI is InChI=1S/C11H23NO4S/c1-4-12(9-7-11(13)16-3)8-6-10-17(14,15)5-2/h4-10H2,1-3H3. The summed E-state index contributed by atoms with van der Waals surface area (Å²) in [6, 6.07) is 0. The number of hydrogen-bond acceptors (Lipinski definition) is 5. The summed E-state index contributed by atoms with van der Waals surface area (Å²) in [4.78, 5) is 13.0. The number of sulfone groups is 1. The van der Waals surface area contributed by atoms with Crippen molar-refractivity contribution in [1.29, 1.82) is 0 Å². The fourth-order valence-electron chi connectivity index (χ4n) is 1.43. The SMILES string of the molecule is CCN(CCCS(=O)(=O)CC)CCC(=O)OC. The Hall–Kier alpha value is -0.620. The number of carbonyl (C=O) groups is 1. The highest BCUT2D eigenvalue weighted by Crippen LogP contribution is 1.99. The van der Waals surface area contributed by atoms with Crippen LogP contribution in [0.5, 0.6) is 0 Å². The fraction of sp³-hybridized carbons (Fsp3) is 0.909. The molecule has 0 N–H and O–H groups in total. The molecule has 0 amide bonds. The number of nitrogens with zero attached hydrogens (tertiary/aromatic N) is 1. The van der Waals surface area contributed by atoms with E-state index in [1.807, 2.05) is 6.92 Å². The lowest BCUT2D eigenvalue weighted by Crippen LogP contribution is -2.29. The summed E-state index contributed by atoms with van der Waals surface area (Å²) in [6.45, 7) is 5.78. The number of carbonyl (C=O) groups excluding carboxylic acids is 1. The quantitative estimate of drug-likeness (QED) is 0.574. The Labute approximate surface area is 104 Å². The molecule has 0 rings (SSSR count). The maximum absolute atomic E-state index is 11.3. The summed E-state index contributed by atoms with van der Waals surface area (Å²) in [6.07, 6.45) is 0.968. The minimum Gasteiger partial charge on any atom is -0.469 e. The second-order valence-corrected chi connectivity index (χ2v) is 6.32. The molecule has 5 nitrogen and oxygen atoms in total. The molecule has 0 radical (unpaired) electrons. The molecule has 0 saturated heterocycles. The second-order valence-electron chi connectivity index (χ2n) is 3.85. The molecule has 0 aromatic rings. The number of ether oxygens (including phenoxy) is 1. The predicted octanol–water partition coefficient (Wildman–Crippen LogP) is 0.696. The Balaban J connectivity index is 3.87. The lowest BCUT2D eigenvalue weighted by atomic mass is 10.3. The van der Waals surface area contributed by atoms with Gasteiger partial charge in [0.15, 0.2) is 0 Å². The summed E-state index contributed by atoms with van der Waals surface area (Å²) in [5.41, 5.74) is 0. The highest BCUT2D eigenvalue weighted by molar-refractivity contribution is 7.91. The van der Waals surface area contributed by atoms with Gasteiger partial charge in [-0.25, -0.2) is 8.42 Å². The average molecular weight is 265 g/mol. The average Bonchev–Trinajstić information content (AvgIpc) is 2.32. The van der Waals surface area contributed by atoms with Crippen LogP contribution in [-0.4, -0.2) is 57.5 Å². The zero-order valence-electron chi connectivity index (χ0n) is 10.9. The van der Waals surface area contributed by atoms with Crippen LogP contribution in [0.1, 0.15) is 26.7 Å². The first-order valence-corrected chi connectivity index (χ1v) is 7.76. The van der Waals surface area contributed by atoms with E-state index in [4.69, 9.17) is 0 Å². The molecule has 0 bridgehead atoms. The van der Waals surface area contributed by atoms with Gasteiger partial charge < -0.3 is 9.64 Å². The first-order chi connectivity index (χ1) is 7.95. The van der Waals surface area contributed by atoms with E-state index in [-0.39, 0.29) is 17.5 Å². The molecule has 0 saturated carbocycles. The van der Waals surface area contributed by atoms with Gasteiger partial charge in [-0.15, -0.1) is 0 Å². The largest absolute Gasteiger partial charge is 0.469 e. The third-order valence-electron chi connectivity index (χ3n) is 2.68. The van der Waals surface area contributed by atoms with Gasteiger partial charge in [0.1, 0.15) is 9.84 Å². The van der Waals surface area contributed by atoms with Crippen molar-refractivity contribution in [3.8, 4) is 0 Å². The van der Waals surface area contributed by atoms with Crippen LogP contribution < -0.4 is 0 Å². The van der Waals surface area contributed by atoms with E-state index in [1.54, 1.807) is 6.92 Å². The van der Waals surface area contributed by atoms with Crippen LogP contribution in [0.25, 0.3) is 0 Å². The molecule has 0 aliphatic carbocycles. The van der Waals surface area contributed by atoms with E-state index >= 15 is 0 Å². The molecule has 0 aromatic carbocycles. The monoisotopic (exact) mass is 265 g/mol. The molecule has 0 aliphatic heterocycles. The number of methoxy groups -OCH3 is 1. The van der Waals surface area contributed by atoms with Crippen molar-refractivity contribution in [2.45, 2.75) is 26.7 Å². The smallest absolute Gasteiger partial charge is 0.306 e. The van der Waals surface area contributed by atoms with Gasteiger partial charge in [-0.3, -0.25) is 4.79 Å². The van der Waals surface area contributed by atoms with Gasteiger partial charge >= 0.3 is 5.97 Å². The highest BCUT2D eigenvalue weighted by atomic mass is 32.2. The minimum absolute atomic E-state index is 0.196. The van der Waals surface area contributed by atoms with Gasteiger partial charge in [-0.05, 0) is 19.5 Å². The molecule has 0 aromatic heterocycles. The highest BCUT2D eigenvalue weighted by Gasteiger charge is 2.10. The second kappa shape index (κ2) is 8.47. The van der Waals surface area contributed by atoms with Crippen molar-refractivity contribution in [3.05, 3.63) is 0 Å². The molecular weight excluding hydrogens is 242 g/mol. The molecule has 0 atom stereocenters. The van der Waals surface area contributed by atoms with Crippen molar-refractivity contribution < 1.29 is 17.9 Å². The van der Waals surface area contributed by atoms with Gasteiger partial charge in [0.2, 0.25) is 0 Å². The number of hydrogen-bond donors (Lipinski definition) is 0. The lowest BCUT2D eigenvalue weighted by molar-refractivity contribution is -0.140. The first-order valence-electron chi connectivity index (χ1n) is 5.94. The van der Waals surface area contributed by atoms with Crippen LogP contribution in [-0.2, 0) is 19.4 Å². The Morgan fingerprint density at radius 2 is 1.88 bits per heavy atom. The third-order valence-corrected chi connectivity index (χ3v) is 4.47. The maximum Gasteiger partial charge on any atom is 0.306 e. The normalized spacial score (nSPS) is 11.8. The molecule has 17 heavy (non-hydrogen) atoms. The molecular formula is C11H23NO4S. The Morgan fingerprint density at radius 1 is 1.24 bits per heavy atom. The Kier molecular flexibility index (Phi) is 8.16. The molecule has 0 fully saturated rings. The van der Waals surface area contributed by atoms with E-state index in [0.29, 0.717) is 25.9 Å². The molecule has 0 unspecified atom stereocenters. The zero-order valence-corrected chi connectivity index (χ0v) is 11.8. The van der Waals surface area contributed by atoms with Crippen molar-refractivity contribution in [2.24, 2.45) is 0 Å². The van der Waals surface area contributed by atoms with E-state index in [9.17, 15) is 13.2 Å². The minimum atomic E-state index is -2.88. The van der Waals surface area contributed by atoms with Crippen LogP contribution in [0.3, 0.4) is 0 Å². The summed E-state index contributed by atoms with van der Waals surface area (Å²) < 4.78 is 27.1. The topological polar surface area (TPSA) is 63.7 Å². The third kappa shape index (κ3) is 8.15. The van der Waals surface area contributed by atoms with Crippen LogP contribution >= 0.6 is 0 Å². The molecule has 6 heteroatoms. The van der Waals surface area contributed by atoms with Crippen molar-refractivity contribution in [3.63, 3.8) is 0 Å². The van der Waals surface area contributed by atoms with Crippen molar-refractivity contribution >= 4 is 15.8 Å².